The Morgan fingerprint density at radius 2 is 2.17 bits per heavy atom. The van der Waals surface area contributed by atoms with Gasteiger partial charge in [-0.15, -0.1) is 0 Å². The Balaban J connectivity index is 1.94. The molecule has 0 spiro atoms. The number of hydrogen-bond donors (Lipinski definition) is 1. The first-order chi connectivity index (χ1) is 8.66. The molecule has 1 unspecified atom stereocenters. The fourth-order valence-corrected chi connectivity index (χ4v) is 2.76. The van der Waals surface area contributed by atoms with Crippen molar-refractivity contribution in [3.05, 3.63) is 29.0 Å². The molecule has 1 fully saturated rings. The van der Waals surface area contributed by atoms with Crippen LogP contribution < -0.4 is 5.32 Å². The number of nitrogens with zero attached hydrogens (tertiary/aromatic N) is 1. The van der Waals surface area contributed by atoms with Crippen molar-refractivity contribution in [2.75, 3.05) is 0 Å². The van der Waals surface area contributed by atoms with Crippen molar-refractivity contribution in [2.45, 2.75) is 45.1 Å². The zero-order chi connectivity index (χ0) is 13.0. The number of carbonyl (C=O) groups excluding carboxylic acids is 1. The van der Waals surface area contributed by atoms with Gasteiger partial charge in [-0.05, 0) is 37.8 Å². The first kappa shape index (κ1) is 13.3. The van der Waals surface area contributed by atoms with E-state index in [4.69, 9.17) is 11.6 Å². The van der Waals surface area contributed by atoms with Gasteiger partial charge in [-0.3, -0.25) is 4.79 Å². The highest BCUT2D eigenvalue weighted by atomic mass is 35.5. The van der Waals surface area contributed by atoms with Gasteiger partial charge in [-0.25, -0.2) is 4.98 Å². The summed E-state index contributed by atoms with van der Waals surface area (Å²) >= 11 is 5.78. The van der Waals surface area contributed by atoms with Crippen LogP contribution in [0.2, 0.25) is 5.15 Å². The van der Waals surface area contributed by atoms with Crippen molar-refractivity contribution < 1.29 is 4.79 Å². The summed E-state index contributed by atoms with van der Waals surface area (Å²) in [4.78, 5) is 15.9. The van der Waals surface area contributed by atoms with Gasteiger partial charge in [0.25, 0.3) is 5.91 Å². The standard InChI is InChI=1S/C14H19ClN2O/c1-10(11-5-3-2-4-6-11)17-14(18)12-7-8-16-13(15)9-12/h7-11H,2-6H2,1H3,(H,17,18). The summed E-state index contributed by atoms with van der Waals surface area (Å²) in [6, 6.07) is 3.52. The molecule has 1 aliphatic rings. The average Bonchev–Trinajstić information content (AvgIpc) is 2.39. The van der Waals surface area contributed by atoms with E-state index in [2.05, 4.69) is 17.2 Å². The number of halogens is 1. The van der Waals surface area contributed by atoms with Crippen molar-refractivity contribution in [3.63, 3.8) is 0 Å². The van der Waals surface area contributed by atoms with Crippen molar-refractivity contribution in [2.24, 2.45) is 5.92 Å². The van der Waals surface area contributed by atoms with Gasteiger partial charge in [-0.2, -0.15) is 0 Å². The molecule has 1 atom stereocenters. The third kappa shape index (κ3) is 3.45. The number of pyridine rings is 1. The van der Waals surface area contributed by atoms with E-state index in [1.165, 1.54) is 32.1 Å². The predicted octanol–water partition coefficient (Wildman–Crippen LogP) is 3.43. The lowest BCUT2D eigenvalue weighted by molar-refractivity contribution is 0.0919. The highest BCUT2D eigenvalue weighted by Crippen LogP contribution is 2.26. The fourth-order valence-electron chi connectivity index (χ4n) is 2.59. The lowest BCUT2D eigenvalue weighted by Gasteiger charge is -2.28. The molecular weight excluding hydrogens is 248 g/mol. The summed E-state index contributed by atoms with van der Waals surface area (Å²) in [5.41, 5.74) is 0.581. The Hall–Kier alpha value is -1.09. The van der Waals surface area contributed by atoms with Gasteiger partial charge >= 0.3 is 0 Å². The maximum Gasteiger partial charge on any atom is 0.251 e. The summed E-state index contributed by atoms with van der Waals surface area (Å²) in [7, 11) is 0. The lowest BCUT2D eigenvalue weighted by Crippen LogP contribution is -2.38. The van der Waals surface area contributed by atoms with Gasteiger partial charge in [0.05, 0.1) is 0 Å². The topological polar surface area (TPSA) is 42.0 Å². The Kier molecular flexibility index (Phi) is 4.59. The maximum absolute atomic E-state index is 12.1. The van der Waals surface area contributed by atoms with Crippen molar-refractivity contribution in [3.8, 4) is 0 Å². The monoisotopic (exact) mass is 266 g/mol. The number of amides is 1. The molecule has 0 aliphatic heterocycles. The molecule has 0 saturated heterocycles. The van der Waals surface area contributed by atoms with E-state index in [9.17, 15) is 4.79 Å². The maximum atomic E-state index is 12.1. The number of rotatable bonds is 3. The van der Waals surface area contributed by atoms with Crippen LogP contribution >= 0.6 is 11.6 Å². The summed E-state index contributed by atoms with van der Waals surface area (Å²) < 4.78 is 0. The molecule has 1 N–H and O–H groups in total. The molecular formula is C14H19ClN2O. The zero-order valence-corrected chi connectivity index (χ0v) is 11.4. The highest BCUT2D eigenvalue weighted by Gasteiger charge is 2.21. The lowest BCUT2D eigenvalue weighted by atomic mass is 9.84. The van der Waals surface area contributed by atoms with Gasteiger partial charge in [0.1, 0.15) is 5.15 Å². The molecule has 18 heavy (non-hydrogen) atoms. The molecule has 1 saturated carbocycles. The van der Waals surface area contributed by atoms with Crippen LogP contribution in [0.15, 0.2) is 18.3 Å². The van der Waals surface area contributed by atoms with Crippen LogP contribution in [-0.4, -0.2) is 16.9 Å². The molecule has 1 heterocycles. The number of aromatic nitrogens is 1. The highest BCUT2D eigenvalue weighted by molar-refractivity contribution is 6.29. The summed E-state index contributed by atoms with van der Waals surface area (Å²) in [6.07, 6.45) is 7.90. The van der Waals surface area contributed by atoms with E-state index in [0.29, 0.717) is 16.6 Å². The smallest absolute Gasteiger partial charge is 0.251 e. The van der Waals surface area contributed by atoms with Gasteiger partial charge < -0.3 is 5.32 Å². The van der Waals surface area contributed by atoms with Gasteiger partial charge in [0, 0.05) is 17.8 Å². The molecule has 0 aromatic carbocycles. The first-order valence-electron chi connectivity index (χ1n) is 6.59. The molecule has 2 rings (SSSR count). The normalized spacial score (nSPS) is 18.3. The van der Waals surface area contributed by atoms with Gasteiger partial charge in [0.15, 0.2) is 0 Å². The summed E-state index contributed by atoms with van der Waals surface area (Å²) in [5, 5.41) is 3.42. The second-order valence-corrected chi connectivity index (χ2v) is 5.41. The molecule has 1 aromatic heterocycles. The number of nitrogens with one attached hydrogen (secondary N) is 1. The largest absolute Gasteiger partial charge is 0.349 e. The molecule has 1 amide bonds. The molecule has 1 aliphatic carbocycles. The van der Waals surface area contributed by atoms with Crippen LogP contribution in [0, 0.1) is 5.92 Å². The molecule has 1 aromatic rings. The van der Waals surface area contributed by atoms with E-state index in [1.807, 2.05) is 0 Å². The molecule has 4 heteroatoms. The fraction of sp³-hybridized carbons (Fsp3) is 0.571. The van der Waals surface area contributed by atoms with Crippen molar-refractivity contribution in [1.29, 1.82) is 0 Å². The molecule has 3 nitrogen and oxygen atoms in total. The van der Waals surface area contributed by atoms with E-state index < -0.39 is 0 Å². The quantitative estimate of drug-likeness (QED) is 0.852. The second kappa shape index (κ2) is 6.19. The third-order valence-electron chi connectivity index (χ3n) is 3.70. The number of carbonyl (C=O) groups is 1. The van der Waals surface area contributed by atoms with Crippen LogP contribution in [0.3, 0.4) is 0 Å². The average molecular weight is 267 g/mol. The van der Waals surface area contributed by atoms with E-state index in [0.717, 1.165) is 0 Å². The molecule has 0 radical (unpaired) electrons. The SMILES string of the molecule is CC(NC(=O)c1ccnc(Cl)c1)C1CCCCC1. The van der Waals surface area contributed by atoms with E-state index in [-0.39, 0.29) is 11.9 Å². The van der Waals surface area contributed by atoms with Gasteiger partial charge in [0.2, 0.25) is 0 Å². The Bertz CT molecular complexity index is 416. The van der Waals surface area contributed by atoms with Crippen LogP contribution in [0.25, 0.3) is 0 Å². The Morgan fingerprint density at radius 1 is 1.44 bits per heavy atom. The summed E-state index contributed by atoms with van der Waals surface area (Å²) in [5.74, 6) is 0.553. The minimum Gasteiger partial charge on any atom is -0.349 e. The third-order valence-corrected chi connectivity index (χ3v) is 3.91. The Labute approximate surface area is 113 Å². The van der Waals surface area contributed by atoms with Crippen LogP contribution in [0.1, 0.15) is 49.4 Å². The van der Waals surface area contributed by atoms with E-state index >= 15 is 0 Å². The van der Waals surface area contributed by atoms with Crippen LogP contribution in [0.5, 0.6) is 0 Å². The minimum atomic E-state index is -0.0580. The minimum absolute atomic E-state index is 0.0580. The number of hydrogen-bond acceptors (Lipinski definition) is 2. The first-order valence-corrected chi connectivity index (χ1v) is 6.97. The van der Waals surface area contributed by atoms with Crippen LogP contribution in [0.4, 0.5) is 0 Å². The summed E-state index contributed by atoms with van der Waals surface area (Å²) in [6.45, 7) is 2.09. The van der Waals surface area contributed by atoms with Crippen molar-refractivity contribution >= 4 is 17.5 Å². The van der Waals surface area contributed by atoms with E-state index in [1.54, 1.807) is 18.3 Å². The van der Waals surface area contributed by atoms with Crippen LogP contribution in [-0.2, 0) is 0 Å². The zero-order valence-electron chi connectivity index (χ0n) is 10.7. The molecule has 98 valence electrons. The van der Waals surface area contributed by atoms with Gasteiger partial charge in [-0.1, -0.05) is 30.9 Å². The molecule has 0 bridgehead atoms. The second-order valence-electron chi connectivity index (χ2n) is 5.03. The van der Waals surface area contributed by atoms with Crippen molar-refractivity contribution in [1.82, 2.24) is 10.3 Å². The Morgan fingerprint density at radius 3 is 2.83 bits per heavy atom. The predicted molar refractivity (Wildman–Crippen MR) is 72.8 cm³/mol.